The molecular weight excluding hydrogens is 534 g/mol. The molecule has 0 saturated heterocycles. The average Bonchev–Trinajstić information content (AvgIpc) is 3.56. The molecule has 1 aromatic carbocycles. The summed E-state index contributed by atoms with van der Waals surface area (Å²) in [5, 5.41) is 7.12. The van der Waals surface area contributed by atoms with Crippen molar-refractivity contribution in [3.05, 3.63) is 87.7 Å². The highest BCUT2D eigenvalue weighted by molar-refractivity contribution is 6.31. The Morgan fingerprint density at radius 2 is 1.90 bits per heavy atom. The van der Waals surface area contributed by atoms with Gasteiger partial charge in [-0.25, -0.2) is 24.8 Å². The van der Waals surface area contributed by atoms with Crippen LogP contribution >= 0.6 is 11.6 Å². The first-order valence-electron chi connectivity index (χ1n) is 14.6. The number of allylic oxidation sites excluding steroid dienone is 5. The number of hydrogen-bond donors (Lipinski definition) is 2. The molecule has 2 saturated carbocycles. The second-order valence-electron chi connectivity index (χ2n) is 11.5. The van der Waals surface area contributed by atoms with E-state index < -0.39 is 5.69 Å². The van der Waals surface area contributed by atoms with Crippen LogP contribution in [-0.2, 0) is 12.0 Å². The predicted octanol–water partition coefficient (Wildman–Crippen LogP) is 6.91. The van der Waals surface area contributed by atoms with E-state index in [1.807, 2.05) is 19.1 Å². The summed E-state index contributed by atoms with van der Waals surface area (Å²) in [7, 11) is 0. The lowest BCUT2D eigenvalue weighted by molar-refractivity contribution is 0.242. The Kier molecular flexibility index (Phi) is 7.51. The number of H-pyrrole nitrogens is 2. The van der Waals surface area contributed by atoms with Crippen LogP contribution in [0.25, 0.3) is 28.4 Å². The van der Waals surface area contributed by atoms with Crippen LogP contribution in [0.3, 0.4) is 0 Å². The van der Waals surface area contributed by atoms with Crippen LogP contribution in [0.15, 0.2) is 65.0 Å². The minimum atomic E-state index is -0.420. The zero-order valence-electron chi connectivity index (χ0n) is 23.7. The van der Waals surface area contributed by atoms with E-state index in [2.05, 4.69) is 63.6 Å². The molecule has 41 heavy (non-hydrogen) atoms. The van der Waals surface area contributed by atoms with Crippen LogP contribution in [0.2, 0.25) is 0 Å². The molecule has 4 aromatic rings. The summed E-state index contributed by atoms with van der Waals surface area (Å²) in [6.07, 6.45) is 13.5. The Bertz CT molecular complexity index is 1680. The molecule has 2 aliphatic rings. The molecule has 9 heteroatoms. The standard InChI is InChI=1S/C32H36ClN7O/c1-4-22(18-24(33)5-2)25-26-27(35-28(34-25)29-37-31(41)39-38-29)36-30(40(26)19-21-14-12-20(3)13-15-21)32(16-9-17-32)23-10-7-6-8-11-23/h4-8,10-11,18,20-21H,1,9,12-17,19H2,2-3H3,(H2,37,38,39,41)/b22-18+,24-5+. The van der Waals surface area contributed by atoms with Gasteiger partial charge in [-0.15, -0.1) is 5.10 Å². The van der Waals surface area contributed by atoms with E-state index in [4.69, 9.17) is 26.6 Å². The summed E-state index contributed by atoms with van der Waals surface area (Å²) in [4.78, 5) is 29.8. The van der Waals surface area contributed by atoms with Gasteiger partial charge in [0.05, 0.1) is 5.41 Å². The van der Waals surface area contributed by atoms with Crippen LogP contribution in [-0.4, -0.2) is 34.7 Å². The maximum atomic E-state index is 11.9. The minimum Gasteiger partial charge on any atom is -0.324 e. The van der Waals surface area contributed by atoms with Crippen LogP contribution < -0.4 is 5.69 Å². The van der Waals surface area contributed by atoms with Gasteiger partial charge in [-0.05, 0) is 56.1 Å². The highest BCUT2D eigenvalue weighted by atomic mass is 35.5. The smallest absolute Gasteiger partial charge is 0.324 e. The van der Waals surface area contributed by atoms with Crippen molar-refractivity contribution >= 4 is 28.3 Å². The van der Waals surface area contributed by atoms with Crippen molar-refractivity contribution in [1.29, 1.82) is 0 Å². The molecule has 8 nitrogen and oxygen atoms in total. The fraction of sp³-hybridized carbons (Fsp3) is 0.406. The van der Waals surface area contributed by atoms with Crippen molar-refractivity contribution in [1.82, 2.24) is 34.7 Å². The highest BCUT2D eigenvalue weighted by Crippen LogP contribution is 2.50. The van der Waals surface area contributed by atoms with Gasteiger partial charge in [-0.3, -0.25) is 4.98 Å². The lowest BCUT2D eigenvalue weighted by Crippen LogP contribution is -2.39. The van der Waals surface area contributed by atoms with Gasteiger partial charge in [0.2, 0.25) is 0 Å². The number of nitrogens with one attached hydrogen (secondary N) is 2. The molecule has 0 amide bonds. The molecule has 212 valence electrons. The van der Waals surface area contributed by atoms with E-state index in [9.17, 15) is 4.79 Å². The SMILES string of the molecule is C=C/C(=C\C(Cl)=C/C)c1nc(-c2n[nH]c(=O)[nH]2)nc2nc(C3(c4ccccc4)CCC3)n(CC3CCC(C)CC3)c12. The van der Waals surface area contributed by atoms with Crippen LogP contribution in [0.4, 0.5) is 0 Å². The lowest BCUT2D eigenvalue weighted by Gasteiger charge is -2.42. The largest absolute Gasteiger partial charge is 0.341 e. The summed E-state index contributed by atoms with van der Waals surface area (Å²) in [6, 6.07) is 10.7. The third-order valence-electron chi connectivity index (χ3n) is 8.92. The van der Waals surface area contributed by atoms with Crippen LogP contribution in [0.5, 0.6) is 0 Å². The van der Waals surface area contributed by atoms with E-state index in [-0.39, 0.29) is 11.2 Å². The molecule has 3 heterocycles. The number of fused-ring (bicyclic) bond motifs is 1. The third kappa shape index (κ3) is 5.10. The van der Waals surface area contributed by atoms with E-state index in [1.54, 1.807) is 6.08 Å². The number of halogens is 1. The summed E-state index contributed by atoms with van der Waals surface area (Å²) >= 11 is 6.50. The number of benzene rings is 1. The topological polar surface area (TPSA) is 105 Å². The Morgan fingerprint density at radius 3 is 2.51 bits per heavy atom. The van der Waals surface area contributed by atoms with Gasteiger partial charge in [-0.2, -0.15) is 0 Å². The van der Waals surface area contributed by atoms with Gasteiger partial charge in [-0.1, -0.05) is 86.8 Å². The summed E-state index contributed by atoms with van der Waals surface area (Å²) in [5.74, 6) is 2.90. The summed E-state index contributed by atoms with van der Waals surface area (Å²) in [5.41, 5.74) is 3.55. The molecule has 2 aliphatic carbocycles. The van der Waals surface area contributed by atoms with Gasteiger partial charge >= 0.3 is 5.69 Å². The molecular formula is C32H36ClN7O. The summed E-state index contributed by atoms with van der Waals surface area (Å²) < 4.78 is 2.40. The highest BCUT2D eigenvalue weighted by Gasteiger charge is 2.45. The normalized spacial score (nSPS) is 21.1. The van der Waals surface area contributed by atoms with Gasteiger partial charge in [0.15, 0.2) is 17.3 Å². The van der Waals surface area contributed by atoms with Crippen molar-refractivity contribution in [2.24, 2.45) is 11.8 Å². The van der Waals surface area contributed by atoms with E-state index in [1.165, 1.54) is 31.2 Å². The molecule has 0 unspecified atom stereocenters. The quantitative estimate of drug-likeness (QED) is 0.224. The van der Waals surface area contributed by atoms with Crippen molar-refractivity contribution < 1.29 is 0 Å². The fourth-order valence-corrected chi connectivity index (χ4v) is 6.53. The molecule has 3 aromatic heterocycles. The van der Waals surface area contributed by atoms with Crippen LogP contribution in [0.1, 0.15) is 75.9 Å². The molecule has 6 rings (SSSR count). The zero-order valence-corrected chi connectivity index (χ0v) is 24.4. The monoisotopic (exact) mass is 569 g/mol. The van der Waals surface area contributed by atoms with Crippen molar-refractivity contribution in [3.8, 4) is 11.6 Å². The molecule has 2 N–H and O–H groups in total. The predicted molar refractivity (Wildman–Crippen MR) is 164 cm³/mol. The van der Waals surface area contributed by atoms with Gasteiger partial charge < -0.3 is 4.57 Å². The first-order valence-corrected chi connectivity index (χ1v) is 15.0. The van der Waals surface area contributed by atoms with E-state index >= 15 is 0 Å². The first-order chi connectivity index (χ1) is 19.9. The van der Waals surface area contributed by atoms with E-state index in [0.29, 0.717) is 28.1 Å². The molecule has 0 spiro atoms. The lowest BCUT2D eigenvalue weighted by atomic mass is 9.63. The van der Waals surface area contributed by atoms with E-state index in [0.717, 1.165) is 48.6 Å². The van der Waals surface area contributed by atoms with Gasteiger partial charge in [0.25, 0.3) is 0 Å². The number of nitrogens with zero attached hydrogens (tertiary/aromatic N) is 5. The van der Waals surface area contributed by atoms with Gasteiger partial charge in [0, 0.05) is 17.2 Å². The second-order valence-corrected chi connectivity index (χ2v) is 12.0. The Hall–Kier alpha value is -3.78. The second kappa shape index (κ2) is 11.2. The Morgan fingerprint density at radius 1 is 1.15 bits per heavy atom. The third-order valence-corrected chi connectivity index (χ3v) is 9.24. The summed E-state index contributed by atoms with van der Waals surface area (Å²) in [6.45, 7) is 9.19. The van der Waals surface area contributed by atoms with Gasteiger partial charge in [0.1, 0.15) is 17.0 Å². The number of rotatable bonds is 8. The first kappa shape index (κ1) is 27.4. The molecule has 0 radical (unpaired) electrons. The van der Waals surface area contributed by atoms with Crippen molar-refractivity contribution in [2.75, 3.05) is 0 Å². The Balaban J connectivity index is 1.64. The Labute approximate surface area is 244 Å². The zero-order chi connectivity index (χ0) is 28.6. The number of aromatic nitrogens is 7. The molecule has 0 atom stereocenters. The number of aromatic amines is 2. The maximum absolute atomic E-state index is 11.9. The molecule has 0 bridgehead atoms. The van der Waals surface area contributed by atoms with Crippen molar-refractivity contribution in [3.63, 3.8) is 0 Å². The number of imidazole rings is 1. The molecule has 0 aliphatic heterocycles. The molecule has 2 fully saturated rings. The number of hydrogen-bond acceptors (Lipinski definition) is 5. The minimum absolute atomic E-state index is 0.193. The maximum Gasteiger partial charge on any atom is 0.341 e. The van der Waals surface area contributed by atoms with Crippen molar-refractivity contribution in [2.45, 2.75) is 70.8 Å². The fourth-order valence-electron chi connectivity index (χ4n) is 6.42. The average molecular weight is 570 g/mol. The van der Waals surface area contributed by atoms with Crippen LogP contribution in [0, 0.1) is 11.8 Å².